The van der Waals surface area contributed by atoms with Gasteiger partial charge in [0.2, 0.25) is 0 Å². The summed E-state index contributed by atoms with van der Waals surface area (Å²) in [4.78, 5) is 44.7. The van der Waals surface area contributed by atoms with Gasteiger partial charge in [-0.15, -0.1) is 0 Å². The Morgan fingerprint density at radius 2 is 1.09 bits per heavy atom. The maximum atomic E-state index is 11.3. The third-order valence-corrected chi connectivity index (χ3v) is 1.95. The van der Waals surface area contributed by atoms with Crippen LogP contribution in [0.3, 0.4) is 0 Å². The zero-order valence-electron chi connectivity index (χ0n) is 12.6. The Bertz CT molecular complexity index is 414. The fourth-order valence-electron chi connectivity index (χ4n) is 0.996. The number of carbonyl (C=O) groups excluding carboxylic acids is 4. The second-order valence-corrected chi connectivity index (χ2v) is 3.98. The molecule has 2 N–H and O–H groups in total. The minimum atomic E-state index is -0.719. The van der Waals surface area contributed by atoms with Gasteiger partial charge in [0.25, 0.3) is 11.8 Å². The molecule has 0 aromatic rings. The first kappa shape index (κ1) is 19.4. The fourth-order valence-corrected chi connectivity index (χ4v) is 0.996. The predicted octanol–water partition coefficient (Wildman–Crippen LogP) is 0.153. The molecule has 0 atom stereocenters. The molecule has 0 radical (unpaired) electrons. The van der Waals surface area contributed by atoms with E-state index in [-0.39, 0.29) is 13.2 Å². The standard InChI is InChI=1S/C14H20N2O6/c1-3-9-21-13(19)7-5-11(17)15-16-12(18)6-8-14(20)22-10-4-2/h5-8H,3-4,9-10H2,1-2H3,(H,15,17)(H,16,18)/b7-5+,8-6+. The summed E-state index contributed by atoms with van der Waals surface area (Å²) in [5.41, 5.74) is 4.05. The van der Waals surface area contributed by atoms with Crippen LogP contribution in [0.25, 0.3) is 0 Å². The van der Waals surface area contributed by atoms with E-state index in [1.807, 2.05) is 24.7 Å². The molecule has 0 saturated heterocycles. The first-order chi connectivity index (χ1) is 10.5. The molecule has 0 rings (SSSR count). The van der Waals surface area contributed by atoms with Gasteiger partial charge >= 0.3 is 11.9 Å². The van der Waals surface area contributed by atoms with Crippen molar-refractivity contribution in [3.63, 3.8) is 0 Å². The molecule has 0 unspecified atom stereocenters. The molecular weight excluding hydrogens is 292 g/mol. The molecule has 122 valence electrons. The van der Waals surface area contributed by atoms with E-state index >= 15 is 0 Å². The lowest BCUT2D eigenvalue weighted by atomic mass is 10.4. The number of amides is 2. The van der Waals surface area contributed by atoms with Gasteiger partial charge in [-0.25, -0.2) is 9.59 Å². The summed E-state index contributed by atoms with van der Waals surface area (Å²) >= 11 is 0. The van der Waals surface area contributed by atoms with Crippen LogP contribution < -0.4 is 10.9 Å². The molecule has 0 heterocycles. The number of esters is 2. The highest BCUT2D eigenvalue weighted by Gasteiger charge is 2.02. The summed E-state index contributed by atoms with van der Waals surface area (Å²) in [6, 6.07) is 0. The van der Waals surface area contributed by atoms with E-state index in [4.69, 9.17) is 9.47 Å². The first-order valence-corrected chi connectivity index (χ1v) is 6.79. The Kier molecular flexibility index (Phi) is 10.7. The number of hydrogen-bond donors (Lipinski definition) is 2. The second kappa shape index (κ2) is 12.1. The average Bonchev–Trinajstić information content (AvgIpc) is 2.52. The van der Waals surface area contributed by atoms with Gasteiger partial charge in [-0.1, -0.05) is 13.8 Å². The lowest BCUT2D eigenvalue weighted by molar-refractivity contribution is -0.138. The van der Waals surface area contributed by atoms with Crippen molar-refractivity contribution in [2.75, 3.05) is 13.2 Å². The molecule has 0 aliphatic carbocycles. The predicted molar refractivity (Wildman–Crippen MR) is 77.1 cm³/mol. The molecular formula is C14H20N2O6. The molecule has 0 bridgehead atoms. The van der Waals surface area contributed by atoms with Gasteiger partial charge in [0, 0.05) is 24.3 Å². The van der Waals surface area contributed by atoms with Crippen LogP contribution in [0.5, 0.6) is 0 Å². The van der Waals surface area contributed by atoms with E-state index in [0.717, 1.165) is 24.3 Å². The van der Waals surface area contributed by atoms with Crippen molar-refractivity contribution in [1.82, 2.24) is 10.9 Å². The molecule has 0 aliphatic rings. The molecule has 0 spiro atoms. The number of ether oxygens (including phenoxy) is 2. The van der Waals surface area contributed by atoms with Crippen LogP contribution in [-0.4, -0.2) is 37.0 Å². The van der Waals surface area contributed by atoms with Crippen LogP contribution in [0.1, 0.15) is 26.7 Å². The Morgan fingerprint density at radius 3 is 1.41 bits per heavy atom. The molecule has 8 nitrogen and oxygen atoms in total. The first-order valence-electron chi connectivity index (χ1n) is 6.79. The number of carbonyl (C=O) groups is 4. The van der Waals surface area contributed by atoms with E-state index in [2.05, 4.69) is 0 Å². The van der Waals surface area contributed by atoms with Crippen molar-refractivity contribution >= 4 is 23.8 Å². The molecule has 0 aromatic carbocycles. The van der Waals surface area contributed by atoms with Gasteiger partial charge in [-0.05, 0) is 12.8 Å². The minimum Gasteiger partial charge on any atom is -0.463 e. The van der Waals surface area contributed by atoms with Crippen molar-refractivity contribution in [3.8, 4) is 0 Å². The number of hydrogen-bond acceptors (Lipinski definition) is 6. The zero-order valence-corrected chi connectivity index (χ0v) is 12.6. The van der Waals surface area contributed by atoms with E-state index in [1.165, 1.54) is 0 Å². The van der Waals surface area contributed by atoms with Gasteiger partial charge in [-0.3, -0.25) is 20.4 Å². The Hall–Kier alpha value is -2.64. The smallest absolute Gasteiger partial charge is 0.330 e. The summed E-state index contributed by atoms with van der Waals surface area (Å²) in [6.07, 6.45) is 5.06. The van der Waals surface area contributed by atoms with Crippen LogP contribution in [0.15, 0.2) is 24.3 Å². The van der Waals surface area contributed by atoms with E-state index in [9.17, 15) is 19.2 Å². The molecule has 0 saturated carbocycles. The summed E-state index contributed by atoms with van der Waals surface area (Å²) in [5.74, 6) is -2.74. The van der Waals surface area contributed by atoms with Gasteiger partial charge in [0.15, 0.2) is 0 Å². The van der Waals surface area contributed by atoms with Crippen LogP contribution in [0.4, 0.5) is 0 Å². The Labute approximate surface area is 128 Å². The molecule has 0 aromatic heterocycles. The zero-order chi connectivity index (χ0) is 16.8. The van der Waals surface area contributed by atoms with Gasteiger partial charge < -0.3 is 9.47 Å². The van der Waals surface area contributed by atoms with Crippen molar-refractivity contribution < 1.29 is 28.7 Å². The summed E-state index contributed by atoms with van der Waals surface area (Å²) in [5, 5.41) is 0. The highest BCUT2D eigenvalue weighted by molar-refractivity contribution is 5.98. The fraction of sp³-hybridized carbons (Fsp3) is 0.429. The third kappa shape index (κ3) is 11.2. The molecule has 0 fully saturated rings. The van der Waals surface area contributed by atoms with Gasteiger partial charge in [0.05, 0.1) is 13.2 Å². The normalized spacial score (nSPS) is 10.5. The van der Waals surface area contributed by atoms with Crippen LogP contribution in [0.2, 0.25) is 0 Å². The number of hydrazine groups is 1. The highest BCUT2D eigenvalue weighted by atomic mass is 16.5. The number of nitrogens with one attached hydrogen (secondary N) is 2. The van der Waals surface area contributed by atoms with E-state index in [1.54, 1.807) is 0 Å². The number of rotatable bonds is 8. The van der Waals surface area contributed by atoms with Crippen molar-refractivity contribution in [2.45, 2.75) is 26.7 Å². The summed E-state index contributed by atoms with van der Waals surface area (Å²) < 4.78 is 9.42. The highest BCUT2D eigenvalue weighted by Crippen LogP contribution is 1.86. The maximum absolute atomic E-state index is 11.3. The van der Waals surface area contributed by atoms with Crippen LogP contribution in [0, 0.1) is 0 Å². The van der Waals surface area contributed by atoms with Crippen LogP contribution >= 0.6 is 0 Å². The van der Waals surface area contributed by atoms with Crippen molar-refractivity contribution in [3.05, 3.63) is 24.3 Å². The van der Waals surface area contributed by atoms with Crippen LogP contribution in [-0.2, 0) is 28.7 Å². The average molecular weight is 312 g/mol. The lowest BCUT2D eigenvalue weighted by Crippen LogP contribution is -2.40. The second-order valence-electron chi connectivity index (χ2n) is 3.98. The summed E-state index contributed by atoms with van der Waals surface area (Å²) in [6.45, 7) is 4.20. The summed E-state index contributed by atoms with van der Waals surface area (Å²) in [7, 11) is 0. The largest absolute Gasteiger partial charge is 0.463 e. The Morgan fingerprint density at radius 1 is 0.727 bits per heavy atom. The SMILES string of the molecule is CCCOC(=O)/C=C/C(=O)NNC(=O)/C=C/C(=O)OCCC. The van der Waals surface area contributed by atoms with Gasteiger partial charge in [-0.2, -0.15) is 0 Å². The lowest BCUT2D eigenvalue weighted by Gasteiger charge is -2.02. The molecule has 8 heteroatoms. The van der Waals surface area contributed by atoms with Crippen molar-refractivity contribution in [1.29, 1.82) is 0 Å². The van der Waals surface area contributed by atoms with Crippen molar-refractivity contribution in [2.24, 2.45) is 0 Å². The molecule has 2 amide bonds. The van der Waals surface area contributed by atoms with E-state index < -0.39 is 23.8 Å². The minimum absolute atomic E-state index is 0.264. The topological polar surface area (TPSA) is 111 Å². The Balaban J connectivity index is 4.01. The third-order valence-electron chi connectivity index (χ3n) is 1.95. The van der Waals surface area contributed by atoms with E-state index in [0.29, 0.717) is 12.8 Å². The molecule has 0 aliphatic heterocycles. The van der Waals surface area contributed by atoms with Gasteiger partial charge in [0.1, 0.15) is 0 Å². The maximum Gasteiger partial charge on any atom is 0.330 e. The quantitative estimate of drug-likeness (QED) is 0.375. The molecule has 22 heavy (non-hydrogen) atoms. The monoisotopic (exact) mass is 312 g/mol.